The van der Waals surface area contributed by atoms with Gasteiger partial charge in [0.25, 0.3) is 0 Å². The second-order valence-electron chi connectivity index (χ2n) is 11.3. The number of methoxy groups -OCH3 is 1. The maximum atomic E-state index is 13.4. The third-order valence-electron chi connectivity index (χ3n) is 7.83. The Morgan fingerprint density at radius 2 is 1.68 bits per heavy atom. The van der Waals surface area contributed by atoms with E-state index in [0.29, 0.717) is 25.3 Å². The van der Waals surface area contributed by atoms with E-state index in [1.54, 1.807) is 23.5 Å². The highest BCUT2D eigenvalue weighted by Gasteiger charge is 2.26. The molecule has 0 heterocycles. The summed E-state index contributed by atoms with van der Waals surface area (Å²) in [5.74, 6) is 1.36. The number of hydrogen-bond donors (Lipinski definition) is 2. The molecule has 3 atom stereocenters. The number of nitrogens with one attached hydrogen (secondary N) is 2. The van der Waals surface area contributed by atoms with Crippen molar-refractivity contribution in [2.45, 2.75) is 58.0 Å². The highest BCUT2D eigenvalue weighted by atomic mass is 32.2. The van der Waals surface area contributed by atoms with Crippen LogP contribution in [-0.4, -0.2) is 72.7 Å². The first kappa shape index (κ1) is 35.5. The monoisotopic (exact) mass is 637 g/mol. The van der Waals surface area contributed by atoms with Gasteiger partial charge in [0.2, 0.25) is 11.8 Å². The summed E-state index contributed by atoms with van der Waals surface area (Å²) in [6.45, 7) is 7.42. The van der Waals surface area contributed by atoms with Gasteiger partial charge in [0.05, 0.1) is 19.4 Å². The van der Waals surface area contributed by atoms with Gasteiger partial charge in [-0.25, -0.2) is 4.79 Å². The van der Waals surface area contributed by atoms with Crippen LogP contribution in [0.2, 0.25) is 0 Å². The van der Waals surface area contributed by atoms with Crippen LogP contribution in [-0.2, 0) is 31.4 Å². The molecule has 9 heteroatoms. The number of nitrogens with zero attached hydrogens (tertiary/aromatic N) is 1. The van der Waals surface area contributed by atoms with Gasteiger partial charge < -0.3 is 15.4 Å². The smallest absolute Gasteiger partial charge is 0.328 e. The lowest BCUT2D eigenvalue weighted by Gasteiger charge is -2.31. The molecule has 0 aliphatic heterocycles. The lowest BCUT2D eigenvalue weighted by atomic mass is 9.97. The van der Waals surface area contributed by atoms with Gasteiger partial charge in [-0.1, -0.05) is 92.6 Å². The standard InChI is InChI=1S/C35H47N3O4S2/c1-6-26(3)32(37-34(40)24-44-23-27-16-14-25(2)15-17-27)21-38(20-29-12-9-11-28-10-7-8-13-30(28)29)22-33(39)36-31(18-19-43-5)35(41)42-4/h7-17,26,31-32H,6,18-24H2,1-5H3,(H,36,39)(H,37,40). The number of rotatable bonds is 18. The van der Waals surface area contributed by atoms with Crippen molar-refractivity contribution in [2.75, 3.05) is 38.0 Å². The molecule has 3 unspecified atom stereocenters. The molecule has 2 N–H and O–H groups in total. The number of benzene rings is 3. The Balaban J connectivity index is 1.76. The number of carbonyl (C=O) groups is 3. The molecular weight excluding hydrogens is 591 g/mol. The molecule has 0 aromatic heterocycles. The Hall–Kier alpha value is -3.01. The van der Waals surface area contributed by atoms with Crippen LogP contribution in [0.25, 0.3) is 10.8 Å². The molecular formula is C35H47N3O4S2. The van der Waals surface area contributed by atoms with Gasteiger partial charge in [-0.15, -0.1) is 11.8 Å². The van der Waals surface area contributed by atoms with Crippen molar-refractivity contribution in [3.8, 4) is 0 Å². The zero-order valence-corrected chi connectivity index (χ0v) is 28.3. The molecule has 0 bridgehead atoms. The minimum absolute atomic E-state index is 0.00945. The van der Waals surface area contributed by atoms with Crippen molar-refractivity contribution in [3.05, 3.63) is 83.4 Å². The van der Waals surface area contributed by atoms with Crippen LogP contribution in [0.4, 0.5) is 0 Å². The molecule has 7 nitrogen and oxygen atoms in total. The van der Waals surface area contributed by atoms with Crippen molar-refractivity contribution in [2.24, 2.45) is 5.92 Å². The van der Waals surface area contributed by atoms with E-state index < -0.39 is 12.0 Å². The predicted molar refractivity (Wildman–Crippen MR) is 185 cm³/mol. The number of aryl methyl sites for hydroxylation is 1. The number of esters is 1. The van der Waals surface area contributed by atoms with E-state index >= 15 is 0 Å². The van der Waals surface area contributed by atoms with Crippen LogP contribution in [0.3, 0.4) is 0 Å². The molecule has 0 radical (unpaired) electrons. The van der Waals surface area contributed by atoms with E-state index in [4.69, 9.17) is 4.74 Å². The zero-order chi connectivity index (χ0) is 31.9. The fourth-order valence-electron chi connectivity index (χ4n) is 5.05. The second-order valence-corrected chi connectivity index (χ2v) is 13.2. The fourth-order valence-corrected chi connectivity index (χ4v) is 6.32. The highest BCUT2D eigenvalue weighted by Crippen LogP contribution is 2.21. The fraction of sp³-hybridized carbons (Fsp3) is 0.457. The number of thioether (sulfide) groups is 2. The lowest BCUT2D eigenvalue weighted by Crippen LogP contribution is -2.51. The molecule has 0 spiro atoms. The summed E-state index contributed by atoms with van der Waals surface area (Å²) in [4.78, 5) is 41.0. The largest absolute Gasteiger partial charge is 0.467 e. The van der Waals surface area contributed by atoms with Gasteiger partial charge in [0, 0.05) is 24.9 Å². The average Bonchev–Trinajstić information content (AvgIpc) is 3.03. The summed E-state index contributed by atoms with van der Waals surface area (Å²) in [5, 5.41) is 8.44. The molecule has 0 saturated carbocycles. The van der Waals surface area contributed by atoms with Gasteiger partial charge in [-0.05, 0) is 53.2 Å². The van der Waals surface area contributed by atoms with E-state index in [1.165, 1.54) is 18.2 Å². The number of fused-ring (bicyclic) bond motifs is 1. The topological polar surface area (TPSA) is 87.7 Å². The number of ether oxygens (including phenoxy) is 1. The summed E-state index contributed by atoms with van der Waals surface area (Å²) < 4.78 is 4.95. The minimum atomic E-state index is -0.699. The van der Waals surface area contributed by atoms with Crippen LogP contribution in [0, 0.1) is 12.8 Å². The number of amides is 2. The highest BCUT2D eigenvalue weighted by molar-refractivity contribution is 7.99. The van der Waals surface area contributed by atoms with E-state index in [1.807, 2.05) is 24.5 Å². The number of carbonyl (C=O) groups excluding carboxylic acids is 3. The SMILES string of the molecule is CCC(C)C(CN(CC(=O)NC(CCSC)C(=O)OC)Cc1cccc2ccccc12)NC(=O)CSCc1ccc(C)cc1. The van der Waals surface area contributed by atoms with Crippen LogP contribution in [0.1, 0.15) is 43.4 Å². The third kappa shape index (κ3) is 11.5. The van der Waals surface area contributed by atoms with E-state index in [9.17, 15) is 14.4 Å². The summed E-state index contributed by atoms with van der Waals surface area (Å²) >= 11 is 3.21. The number of hydrogen-bond acceptors (Lipinski definition) is 7. The lowest BCUT2D eigenvalue weighted by molar-refractivity contribution is -0.145. The van der Waals surface area contributed by atoms with Crippen molar-refractivity contribution in [3.63, 3.8) is 0 Å². The summed E-state index contributed by atoms with van der Waals surface area (Å²) in [6, 6.07) is 21.9. The molecule has 3 aromatic carbocycles. The molecule has 0 aliphatic carbocycles. The van der Waals surface area contributed by atoms with Crippen LogP contribution >= 0.6 is 23.5 Å². The van der Waals surface area contributed by atoms with Crippen molar-refractivity contribution in [1.29, 1.82) is 0 Å². The van der Waals surface area contributed by atoms with Gasteiger partial charge in [-0.2, -0.15) is 11.8 Å². The maximum absolute atomic E-state index is 13.4. The summed E-state index contributed by atoms with van der Waals surface area (Å²) in [6.07, 6.45) is 3.34. The van der Waals surface area contributed by atoms with E-state index in [-0.39, 0.29) is 30.3 Å². The summed E-state index contributed by atoms with van der Waals surface area (Å²) in [7, 11) is 1.34. The molecule has 0 saturated heterocycles. The zero-order valence-electron chi connectivity index (χ0n) is 26.6. The molecule has 3 rings (SSSR count). The van der Waals surface area contributed by atoms with Crippen molar-refractivity contribution < 1.29 is 19.1 Å². The Labute approximate surface area is 271 Å². The average molecular weight is 638 g/mol. The van der Waals surface area contributed by atoms with E-state index in [2.05, 4.69) is 84.8 Å². The first-order valence-corrected chi connectivity index (χ1v) is 17.8. The Bertz CT molecular complexity index is 1350. The predicted octanol–water partition coefficient (Wildman–Crippen LogP) is 5.83. The molecule has 2 amide bonds. The van der Waals surface area contributed by atoms with Crippen LogP contribution < -0.4 is 10.6 Å². The van der Waals surface area contributed by atoms with Gasteiger partial charge in [0.1, 0.15) is 6.04 Å². The van der Waals surface area contributed by atoms with Crippen molar-refractivity contribution in [1.82, 2.24) is 15.5 Å². The normalized spacial score (nSPS) is 13.3. The molecule has 44 heavy (non-hydrogen) atoms. The van der Waals surface area contributed by atoms with Crippen LogP contribution in [0.5, 0.6) is 0 Å². The van der Waals surface area contributed by atoms with Gasteiger partial charge in [0.15, 0.2) is 0 Å². The molecule has 0 fully saturated rings. The third-order valence-corrected chi connectivity index (χ3v) is 9.47. The quantitative estimate of drug-likeness (QED) is 0.170. The molecule has 238 valence electrons. The Morgan fingerprint density at radius 3 is 2.39 bits per heavy atom. The second kappa shape index (κ2) is 18.7. The molecule has 3 aromatic rings. The Morgan fingerprint density at radius 1 is 0.955 bits per heavy atom. The minimum Gasteiger partial charge on any atom is -0.467 e. The molecule has 0 aliphatic rings. The van der Waals surface area contributed by atoms with E-state index in [0.717, 1.165) is 34.3 Å². The van der Waals surface area contributed by atoms with Crippen molar-refractivity contribution >= 4 is 52.1 Å². The summed E-state index contributed by atoms with van der Waals surface area (Å²) in [5.41, 5.74) is 3.52. The van der Waals surface area contributed by atoms with Gasteiger partial charge >= 0.3 is 5.97 Å². The maximum Gasteiger partial charge on any atom is 0.328 e. The first-order chi connectivity index (χ1) is 21.2. The van der Waals surface area contributed by atoms with Gasteiger partial charge in [-0.3, -0.25) is 14.5 Å². The first-order valence-electron chi connectivity index (χ1n) is 15.2. The van der Waals surface area contributed by atoms with Crippen LogP contribution in [0.15, 0.2) is 66.7 Å². The Kier molecular flexibility index (Phi) is 15.1.